The zero-order chi connectivity index (χ0) is 12.2. The molecule has 1 aromatic heterocycles. The number of sulfonamides is 1. The van der Waals surface area contributed by atoms with Crippen molar-refractivity contribution in [1.82, 2.24) is 9.71 Å². The first-order chi connectivity index (χ1) is 7.53. The molecular weight excluding hydrogens is 252 g/mol. The third-order valence-electron chi connectivity index (χ3n) is 1.52. The second kappa shape index (κ2) is 5.07. The van der Waals surface area contributed by atoms with Crippen LogP contribution in [0.2, 0.25) is 0 Å². The minimum Gasteiger partial charge on any atom is -0.464 e. The van der Waals surface area contributed by atoms with Gasteiger partial charge in [0.15, 0.2) is 9.90 Å². The summed E-state index contributed by atoms with van der Waals surface area (Å²) in [6.07, 6.45) is 4.93. The van der Waals surface area contributed by atoms with Crippen molar-refractivity contribution in [2.75, 3.05) is 13.7 Å². The first kappa shape index (κ1) is 12.6. The predicted molar refractivity (Wildman–Crippen MR) is 57.5 cm³/mol. The van der Waals surface area contributed by atoms with Gasteiger partial charge in [0.25, 0.3) is 10.0 Å². The normalized spacial score (nSPS) is 10.8. The van der Waals surface area contributed by atoms with Gasteiger partial charge in [-0.15, -0.1) is 17.8 Å². The van der Waals surface area contributed by atoms with Crippen molar-refractivity contribution in [3.8, 4) is 12.3 Å². The van der Waals surface area contributed by atoms with Gasteiger partial charge in [0.05, 0.1) is 19.2 Å². The number of methoxy groups -OCH3 is 1. The summed E-state index contributed by atoms with van der Waals surface area (Å²) in [6, 6.07) is 0. The number of rotatable bonds is 4. The van der Waals surface area contributed by atoms with Gasteiger partial charge in [-0.05, 0) is 0 Å². The Morgan fingerprint density at radius 1 is 1.75 bits per heavy atom. The van der Waals surface area contributed by atoms with Gasteiger partial charge in [0.1, 0.15) is 0 Å². The van der Waals surface area contributed by atoms with E-state index in [-0.39, 0.29) is 16.4 Å². The molecule has 0 saturated carbocycles. The van der Waals surface area contributed by atoms with Crippen molar-refractivity contribution in [2.45, 2.75) is 4.21 Å². The molecule has 0 aliphatic heterocycles. The van der Waals surface area contributed by atoms with Crippen LogP contribution >= 0.6 is 11.3 Å². The second-order valence-corrected chi connectivity index (χ2v) is 5.33. The van der Waals surface area contributed by atoms with Crippen molar-refractivity contribution < 1.29 is 17.9 Å². The molecule has 0 aliphatic rings. The van der Waals surface area contributed by atoms with Crippen LogP contribution in [0.3, 0.4) is 0 Å². The molecule has 1 rings (SSSR count). The molecule has 16 heavy (non-hydrogen) atoms. The molecule has 8 heteroatoms. The quantitative estimate of drug-likeness (QED) is 0.600. The van der Waals surface area contributed by atoms with Crippen LogP contribution in [-0.4, -0.2) is 33.0 Å². The first-order valence-corrected chi connectivity index (χ1v) is 6.34. The molecule has 0 fully saturated rings. The number of carbonyl (C=O) groups is 1. The van der Waals surface area contributed by atoms with E-state index >= 15 is 0 Å². The van der Waals surface area contributed by atoms with Gasteiger partial charge >= 0.3 is 5.97 Å². The standard InChI is InChI=1S/C8H8N2O4S2/c1-3-4-10-16(12,13)8-6(7(11)14-2)9-5-15-8/h1,5,10H,4H2,2H3. The summed E-state index contributed by atoms with van der Waals surface area (Å²) < 4.78 is 29.6. The van der Waals surface area contributed by atoms with Gasteiger partial charge in [-0.1, -0.05) is 5.92 Å². The van der Waals surface area contributed by atoms with Crippen LogP contribution in [0.5, 0.6) is 0 Å². The van der Waals surface area contributed by atoms with Crippen LogP contribution in [0.4, 0.5) is 0 Å². The van der Waals surface area contributed by atoms with Crippen LogP contribution in [0.25, 0.3) is 0 Å². The maximum absolute atomic E-state index is 11.6. The number of thiazole rings is 1. The second-order valence-electron chi connectivity index (χ2n) is 2.51. The van der Waals surface area contributed by atoms with Crippen LogP contribution in [-0.2, 0) is 14.8 Å². The van der Waals surface area contributed by atoms with E-state index in [1.807, 2.05) is 0 Å². The van der Waals surface area contributed by atoms with E-state index in [4.69, 9.17) is 6.42 Å². The number of aromatic nitrogens is 1. The van der Waals surface area contributed by atoms with Crippen LogP contribution in [0, 0.1) is 12.3 Å². The van der Waals surface area contributed by atoms with Crippen molar-refractivity contribution in [3.05, 3.63) is 11.2 Å². The summed E-state index contributed by atoms with van der Waals surface area (Å²) >= 11 is 0.820. The lowest BCUT2D eigenvalue weighted by Crippen LogP contribution is -2.25. The predicted octanol–water partition coefficient (Wildman–Crippen LogP) is -0.159. The summed E-state index contributed by atoms with van der Waals surface area (Å²) in [5.74, 6) is 1.32. The maximum Gasteiger partial charge on any atom is 0.358 e. The lowest BCUT2D eigenvalue weighted by molar-refractivity contribution is 0.0590. The highest BCUT2D eigenvalue weighted by atomic mass is 32.2. The van der Waals surface area contributed by atoms with Crippen LogP contribution in [0.15, 0.2) is 9.72 Å². The molecule has 1 aromatic rings. The maximum atomic E-state index is 11.6. The molecule has 6 nitrogen and oxygen atoms in total. The number of nitrogens with one attached hydrogen (secondary N) is 1. The zero-order valence-electron chi connectivity index (χ0n) is 8.26. The molecular formula is C8H8N2O4S2. The third-order valence-corrected chi connectivity index (χ3v) is 4.29. The van der Waals surface area contributed by atoms with Gasteiger partial charge in [0, 0.05) is 0 Å². The van der Waals surface area contributed by atoms with Crippen LogP contribution < -0.4 is 4.72 Å². The number of carbonyl (C=O) groups excluding carboxylic acids is 1. The highest BCUT2D eigenvalue weighted by Gasteiger charge is 2.25. The number of hydrogen-bond acceptors (Lipinski definition) is 6. The molecule has 1 N–H and O–H groups in total. The van der Waals surface area contributed by atoms with Crippen molar-refractivity contribution in [1.29, 1.82) is 0 Å². The Morgan fingerprint density at radius 3 is 3.00 bits per heavy atom. The smallest absolute Gasteiger partial charge is 0.358 e. The summed E-state index contributed by atoms with van der Waals surface area (Å²) in [6.45, 7) is -0.152. The van der Waals surface area contributed by atoms with Crippen molar-refractivity contribution in [2.24, 2.45) is 0 Å². The minimum atomic E-state index is -3.80. The molecule has 0 aromatic carbocycles. The topological polar surface area (TPSA) is 85.4 Å². The van der Waals surface area contributed by atoms with E-state index in [0.29, 0.717) is 0 Å². The third kappa shape index (κ3) is 2.57. The fourth-order valence-electron chi connectivity index (χ4n) is 0.861. The molecule has 86 valence electrons. The van der Waals surface area contributed by atoms with E-state index in [1.165, 1.54) is 5.51 Å². The van der Waals surface area contributed by atoms with Crippen molar-refractivity contribution >= 4 is 27.3 Å². The SMILES string of the molecule is C#CCNS(=O)(=O)c1scnc1C(=O)OC. The Bertz CT molecular complexity index is 526. The zero-order valence-corrected chi connectivity index (χ0v) is 9.89. The van der Waals surface area contributed by atoms with Gasteiger partial charge in [-0.3, -0.25) is 0 Å². The molecule has 0 unspecified atom stereocenters. The minimum absolute atomic E-state index is 0.152. The van der Waals surface area contributed by atoms with E-state index in [2.05, 4.69) is 20.4 Å². The highest BCUT2D eigenvalue weighted by Crippen LogP contribution is 2.20. The number of ether oxygens (including phenoxy) is 1. The van der Waals surface area contributed by atoms with E-state index in [1.54, 1.807) is 0 Å². The van der Waals surface area contributed by atoms with E-state index in [9.17, 15) is 13.2 Å². The summed E-state index contributed by atoms with van der Waals surface area (Å²) in [4.78, 5) is 14.8. The number of terminal acetylenes is 1. The fourth-order valence-corrected chi connectivity index (χ4v) is 2.97. The lowest BCUT2D eigenvalue weighted by Gasteiger charge is -2.02. The molecule has 1 heterocycles. The molecule has 0 radical (unpaired) electrons. The average Bonchev–Trinajstić information content (AvgIpc) is 2.75. The highest BCUT2D eigenvalue weighted by molar-refractivity contribution is 7.91. The van der Waals surface area contributed by atoms with Gasteiger partial charge in [-0.25, -0.2) is 18.2 Å². The lowest BCUT2D eigenvalue weighted by atomic mass is 10.5. The van der Waals surface area contributed by atoms with E-state index < -0.39 is 16.0 Å². The van der Waals surface area contributed by atoms with Gasteiger partial charge in [0.2, 0.25) is 0 Å². The van der Waals surface area contributed by atoms with Crippen LogP contribution in [0.1, 0.15) is 10.5 Å². The average molecular weight is 260 g/mol. The summed E-state index contributed by atoms with van der Waals surface area (Å²) in [5.41, 5.74) is 1.01. The molecule has 0 bridgehead atoms. The number of esters is 1. The molecule has 0 spiro atoms. The first-order valence-electron chi connectivity index (χ1n) is 3.98. The molecule has 0 amide bonds. The van der Waals surface area contributed by atoms with Gasteiger partial charge < -0.3 is 4.74 Å². The van der Waals surface area contributed by atoms with E-state index in [0.717, 1.165) is 18.4 Å². The Kier molecular flexibility index (Phi) is 4.00. The monoisotopic (exact) mass is 260 g/mol. The summed E-state index contributed by atoms with van der Waals surface area (Å²) in [5, 5.41) is 0. The fraction of sp³-hybridized carbons (Fsp3) is 0.250. The molecule has 0 atom stereocenters. The number of hydrogen-bond donors (Lipinski definition) is 1. The summed E-state index contributed by atoms with van der Waals surface area (Å²) in [7, 11) is -2.66. The number of nitrogens with zero attached hydrogens (tertiary/aromatic N) is 1. The molecule has 0 aliphatic carbocycles. The van der Waals surface area contributed by atoms with Gasteiger partial charge in [-0.2, -0.15) is 4.72 Å². The van der Waals surface area contributed by atoms with Crippen molar-refractivity contribution in [3.63, 3.8) is 0 Å². The largest absolute Gasteiger partial charge is 0.464 e. The Morgan fingerprint density at radius 2 is 2.44 bits per heavy atom. The molecule has 0 saturated heterocycles. The Hall–Kier alpha value is -1.43. The Balaban J connectivity index is 3.10. The Labute approximate surface area is 96.7 Å².